The number of imidazole rings is 1. The topological polar surface area (TPSA) is 17.3 Å². The number of fused-ring (bicyclic) bond motifs is 6. The molecule has 8 aromatic rings. The molecule has 2 aromatic heterocycles. The summed E-state index contributed by atoms with van der Waals surface area (Å²) in [6.07, 6.45) is 0. The molecule has 0 radical (unpaired) electrons. The Balaban J connectivity index is 1.26. The molecule has 6 aromatic carbocycles. The second-order valence-corrected chi connectivity index (χ2v) is 13.4. The molecule has 3 heteroatoms. The summed E-state index contributed by atoms with van der Waals surface area (Å²) in [7, 11) is -0.144. The summed E-state index contributed by atoms with van der Waals surface area (Å²) >= 11 is 0. The van der Waals surface area contributed by atoms with Gasteiger partial charge in [-0.15, -0.1) is 0 Å². The smallest absolute Gasteiger partial charge is 0.146 e. The molecule has 2 heterocycles. The molecule has 200 valence electrons. The molecule has 0 saturated carbocycles. The van der Waals surface area contributed by atoms with Crippen LogP contribution in [-0.4, -0.2) is 22.7 Å². The van der Waals surface area contributed by atoms with Crippen LogP contribution >= 0.6 is 7.92 Å². The van der Waals surface area contributed by atoms with E-state index in [9.17, 15) is 0 Å². The molecule has 0 amide bonds. The van der Waals surface area contributed by atoms with Gasteiger partial charge in [0, 0.05) is 5.56 Å². The lowest BCUT2D eigenvalue weighted by molar-refractivity contribution is 1.30. The summed E-state index contributed by atoms with van der Waals surface area (Å²) in [6.45, 7) is 4.63. The van der Waals surface area contributed by atoms with Gasteiger partial charge in [0.25, 0.3) is 0 Å². The number of pyridine rings is 1. The first-order chi connectivity index (χ1) is 20.7. The standard InChI is InChI=1S/C39H29N2P/c1-42(2)30-12-9-11-28(24-30)32-23-22-31(33-13-4-5-14-34(32)33)26-18-20-27(21-19-26)35-25-29-10-3-7-16-37(29)41-38-17-8-6-15-36(38)40-39(35)41/h3-25H,1-2H3. The summed E-state index contributed by atoms with van der Waals surface area (Å²) in [6, 6.07) is 50.7. The number of hydrogen-bond acceptors (Lipinski definition) is 1. The largest absolute Gasteiger partial charge is 0.292 e. The Bertz CT molecular complexity index is 2280. The molecule has 0 bridgehead atoms. The summed E-state index contributed by atoms with van der Waals surface area (Å²) in [5.41, 5.74) is 11.7. The lowest BCUT2D eigenvalue weighted by Crippen LogP contribution is -1.98. The normalized spacial score (nSPS) is 11.8. The number of rotatable bonds is 4. The summed E-state index contributed by atoms with van der Waals surface area (Å²) in [5.74, 6) is 0. The highest BCUT2D eigenvalue weighted by atomic mass is 31.1. The molecule has 8 rings (SSSR count). The first kappa shape index (κ1) is 25.0. The van der Waals surface area contributed by atoms with Crippen LogP contribution < -0.4 is 5.30 Å². The Labute approximate surface area is 246 Å². The first-order valence-electron chi connectivity index (χ1n) is 14.3. The van der Waals surface area contributed by atoms with Gasteiger partial charge >= 0.3 is 0 Å². The van der Waals surface area contributed by atoms with Crippen molar-refractivity contribution in [2.75, 3.05) is 13.3 Å². The first-order valence-corrected chi connectivity index (χ1v) is 16.6. The van der Waals surface area contributed by atoms with Gasteiger partial charge in [0.1, 0.15) is 5.65 Å². The zero-order valence-corrected chi connectivity index (χ0v) is 24.5. The van der Waals surface area contributed by atoms with Gasteiger partial charge in [-0.05, 0) is 92.9 Å². The maximum Gasteiger partial charge on any atom is 0.146 e. The van der Waals surface area contributed by atoms with Crippen molar-refractivity contribution in [1.82, 2.24) is 9.38 Å². The Kier molecular flexibility index (Phi) is 5.91. The predicted octanol–water partition coefficient (Wildman–Crippen LogP) is 10.2. The number of nitrogens with zero attached hydrogens (tertiary/aromatic N) is 2. The van der Waals surface area contributed by atoms with Gasteiger partial charge in [0.2, 0.25) is 0 Å². The van der Waals surface area contributed by atoms with Crippen molar-refractivity contribution in [3.63, 3.8) is 0 Å². The fourth-order valence-corrected chi connectivity index (χ4v) is 7.06. The molecular weight excluding hydrogens is 527 g/mol. The average molecular weight is 557 g/mol. The van der Waals surface area contributed by atoms with Crippen molar-refractivity contribution in [2.24, 2.45) is 0 Å². The van der Waals surface area contributed by atoms with Crippen molar-refractivity contribution >= 4 is 51.6 Å². The van der Waals surface area contributed by atoms with Gasteiger partial charge in [-0.2, -0.15) is 0 Å². The van der Waals surface area contributed by atoms with Crippen molar-refractivity contribution in [1.29, 1.82) is 0 Å². The predicted molar refractivity (Wildman–Crippen MR) is 182 cm³/mol. The molecule has 0 spiro atoms. The SMILES string of the molecule is CP(C)c1cccc(-c2ccc(-c3ccc(-c4cc5ccccc5n5c4nc4ccccc45)cc3)c3ccccc23)c1. The van der Waals surface area contributed by atoms with E-state index in [2.05, 4.69) is 157 Å². The van der Waals surface area contributed by atoms with E-state index in [1.165, 1.54) is 49.2 Å². The minimum Gasteiger partial charge on any atom is -0.292 e. The molecule has 0 aliphatic carbocycles. The van der Waals surface area contributed by atoms with Gasteiger partial charge in [-0.3, -0.25) is 4.40 Å². The lowest BCUT2D eigenvalue weighted by atomic mass is 9.91. The zero-order valence-electron chi connectivity index (χ0n) is 23.6. The van der Waals surface area contributed by atoms with E-state index < -0.39 is 0 Å². The number of hydrogen-bond donors (Lipinski definition) is 0. The maximum absolute atomic E-state index is 5.08. The number of para-hydroxylation sites is 3. The average Bonchev–Trinajstić information content (AvgIpc) is 3.44. The van der Waals surface area contributed by atoms with Crippen LogP contribution in [0.5, 0.6) is 0 Å². The third-order valence-corrected chi connectivity index (χ3v) is 9.69. The number of aromatic nitrogens is 2. The van der Waals surface area contributed by atoms with E-state index in [0.717, 1.165) is 27.8 Å². The molecule has 0 aliphatic rings. The van der Waals surface area contributed by atoms with E-state index >= 15 is 0 Å². The molecular formula is C39H29N2P. The van der Waals surface area contributed by atoms with Crippen molar-refractivity contribution in [3.8, 4) is 33.4 Å². The van der Waals surface area contributed by atoms with Crippen LogP contribution in [0.1, 0.15) is 0 Å². The molecule has 0 atom stereocenters. The summed E-state index contributed by atoms with van der Waals surface area (Å²) < 4.78 is 2.30. The molecule has 0 saturated heterocycles. The van der Waals surface area contributed by atoms with Crippen LogP contribution in [0, 0.1) is 0 Å². The second-order valence-electron chi connectivity index (χ2n) is 11.1. The van der Waals surface area contributed by atoms with Crippen LogP contribution in [0.3, 0.4) is 0 Å². The fourth-order valence-electron chi connectivity index (χ4n) is 6.28. The van der Waals surface area contributed by atoms with E-state index in [-0.39, 0.29) is 7.92 Å². The minimum atomic E-state index is -0.144. The monoisotopic (exact) mass is 556 g/mol. The summed E-state index contributed by atoms with van der Waals surface area (Å²) in [4.78, 5) is 5.08. The zero-order chi connectivity index (χ0) is 28.2. The minimum absolute atomic E-state index is 0.144. The molecule has 0 fully saturated rings. The van der Waals surface area contributed by atoms with E-state index in [1.54, 1.807) is 0 Å². The van der Waals surface area contributed by atoms with Gasteiger partial charge in [-0.1, -0.05) is 117 Å². The van der Waals surface area contributed by atoms with E-state index in [1.807, 2.05) is 0 Å². The van der Waals surface area contributed by atoms with Crippen molar-refractivity contribution < 1.29 is 0 Å². The molecule has 42 heavy (non-hydrogen) atoms. The highest BCUT2D eigenvalue weighted by Gasteiger charge is 2.15. The molecule has 0 aliphatic heterocycles. The Morgan fingerprint density at radius 2 is 1.12 bits per heavy atom. The Morgan fingerprint density at radius 1 is 0.500 bits per heavy atom. The van der Waals surface area contributed by atoms with Crippen LogP contribution in [0.15, 0.2) is 140 Å². The lowest BCUT2D eigenvalue weighted by Gasteiger charge is -2.14. The van der Waals surface area contributed by atoms with Gasteiger partial charge in [-0.25, -0.2) is 4.98 Å². The van der Waals surface area contributed by atoms with Gasteiger partial charge < -0.3 is 0 Å². The van der Waals surface area contributed by atoms with Gasteiger partial charge in [0.15, 0.2) is 0 Å². The van der Waals surface area contributed by atoms with E-state index in [4.69, 9.17) is 4.98 Å². The highest BCUT2D eigenvalue weighted by Crippen LogP contribution is 2.38. The molecule has 0 N–H and O–H groups in total. The Morgan fingerprint density at radius 3 is 1.86 bits per heavy atom. The van der Waals surface area contributed by atoms with E-state index in [0.29, 0.717) is 0 Å². The van der Waals surface area contributed by atoms with Crippen LogP contribution in [0.4, 0.5) is 0 Å². The van der Waals surface area contributed by atoms with Crippen LogP contribution in [0.25, 0.3) is 71.7 Å². The third kappa shape index (κ3) is 4.03. The quantitative estimate of drug-likeness (QED) is 0.197. The van der Waals surface area contributed by atoms with Gasteiger partial charge in [0.05, 0.1) is 16.6 Å². The van der Waals surface area contributed by atoms with Crippen molar-refractivity contribution in [3.05, 3.63) is 140 Å². The Hall–Kier alpha value is -4.78. The van der Waals surface area contributed by atoms with Crippen molar-refractivity contribution in [2.45, 2.75) is 0 Å². The fraction of sp³-hybridized carbons (Fsp3) is 0.0513. The van der Waals surface area contributed by atoms with Crippen LogP contribution in [-0.2, 0) is 0 Å². The molecule has 2 nitrogen and oxygen atoms in total. The molecule has 0 unspecified atom stereocenters. The summed E-state index contributed by atoms with van der Waals surface area (Å²) in [5, 5.41) is 5.19. The maximum atomic E-state index is 5.08. The van der Waals surface area contributed by atoms with Crippen LogP contribution in [0.2, 0.25) is 0 Å². The third-order valence-electron chi connectivity index (χ3n) is 8.38. The highest BCUT2D eigenvalue weighted by molar-refractivity contribution is 7.64. The second kappa shape index (κ2) is 9.94. The number of benzene rings is 6.